The van der Waals surface area contributed by atoms with Crippen molar-refractivity contribution in [3.05, 3.63) is 22.8 Å². The van der Waals surface area contributed by atoms with Gasteiger partial charge in [0.15, 0.2) is 17.2 Å². The average Bonchev–Trinajstić information content (AvgIpc) is 2.88. The van der Waals surface area contributed by atoms with E-state index in [0.717, 1.165) is 0 Å². The highest BCUT2D eigenvalue weighted by Gasteiger charge is 2.13. The van der Waals surface area contributed by atoms with Crippen LogP contribution in [0.3, 0.4) is 0 Å². The molecule has 17 heavy (non-hydrogen) atoms. The van der Waals surface area contributed by atoms with Crippen LogP contribution in [0.15, 0.2) is 10.9 Å². The van der Waals surface area contributed by atoms with Crippen molar-refractivity contribution in [3.8, 4) is 0 Å². The molecule has 0 unspecified atom stereocenters. The summed E-state index contributed by atoms with van der Waals surface area (Å²) in [6.07, 6.45) is 1.91. The minimum Gasteiger partial charge on any atom is -0.476 e. The summed E-state index contributed by atoms with van der Waals surface area (Å²) >= 11 is 1.31. The molecule has 90 valence electrons. The number of aryl methyl sites for hydroxylation is 1. The zero-order valence-corrected chi connectivity index (χ0v) is 9.82. The second-order valence-electron chi connectivity index (χ2n) is 3.24. The molecule has 2 aromatic heterocycles. The van der Waals surface area contributed by atoms with Gasteiger partial charge in [0, 0.05) is 17.8 Å². The molecule has 0 aliphatic carbocycles. The van der Waals surface area contributed by atoms with Crippen LogP contribution in [0.4, 0.5) is 5.13 Å². The van der Waals surface area contributed by atoms with Gasteiger partial charge in [-0.2, -0.15) is 4.98 Å². The Balaban J connectivity index is 1.91. The summed E-state index contributed by atoms with van der Waals surface area (Å²) in [5.74, 6) is -0.479. The molecule has 2 N–H and O–H groups in total. The summed E-state index contributed by atoms with van der Waals surface area (Å²) < 4.78 is 4.83. The summed E-state index contributed by atoms with van der Waals surface area (Å²) in [4.78, 5) is 19.3. The maximum atomic E-state index is 10.8. The van der Waals surface area contributed by atoms with Crippen molar-refractivity contribution in [2.24, 2.45) is 0 Å². The molecule has 7 nitrogen and oxygen atoms in total. The maximum Gasteiger partial charge on any atom is 0.355 e. The van der Waals surface area contributed by atoms with Crippen LogP contribution in [0.2, 0.25) is 0 Å². The van der Waals surface area contributed by atoms with E-state index in [0.29, 0.717) is 28.9 Å². The van der Waals surface area contributed by atoms with E-state index in [2.05, 4.69) is 20.4 Å². The van der Waals surface area contributed by atoms with Crippen molar-refractivity contribution >= 4 is 22.4 Å². The molecule has 0 fully saturated rings. The summed E-state index contributed by atoms with van der Waals surface area (Å²) in [5.41, 5.74) is 0.0929. The number of hydrogen-bond acceptors (Lipinski definition) is 7. The first-order chi connectivity index (χ1) is 8.16. The molecule has 8 heteroatoms. The van der Waals surface area contributed by atoms with Gasteiger partial charge in [-0.1, -0.05) is 5.16 Å². The van der Waals surface area contributed by atoms with Crippen LogP contribution in [-0.4, -0.2) is 32.7 Å². The van der Waals surface area contributed by atoms with Crippen LogP contribution in [-0.2, 0) is 6.42 Å². The fourth-order valence-corrected chi connectivity index (χ4v) is 2.08. The van der Waals surface area contributed by atoms with Crippen molar-refractivity contribution in [2.75, 3.05) is 11.9 Å². The Morgan fingerprint density at radius 3 is 3.06 bits per heavy atom. The molecule has 0 aromatic carbocycles. The highest BCUT2D eigenvalue weighted by atomic mass is 32.1. The minimum atomic E-state index is -1.01. The van der Waals surface area contributed by atoms with Gasteiger partial charge >= 0.3 is 5.97 Å². The van der Waals surface area contributed by atoms with Crippen LogP contribution >= 0.6 is 11.3 Å². The lowest BCUT2D eigenvalue weighted by Crippen LogP contribution is -2.05. The molecule has 0 amide bonds. The molecular formula is C9H10N4O3S. The standard InChI is InChI=1S/C9H10N4O3S/c1-5-7(8(14)15)13-9(17-5)10-3-2-6-11-4-12-16-6/h4H,2-3H2,1H3,(H,10,13)(H,14,15). The molecule has 2 heterocycles. The molecule has 0 saturated carbocycles. The minimum absolute atomic E-state index is 0.0929. The van der Waals surface area contributed by atoms with Crippen molar-refractivity contribution < 1.29 is 14.4 Å². The lowest BCUT2D eigenvalue weighted by atomic mass is 10.4. The number of thiazole rings is 1. The molecule has 0 bridgehead atoms. The molecule has 0 aliphatic rings. The largest absolute Gasteiger partial charge is 0.476 e. The van der Waals surface area contributed by atoms with E-state index in [4.69, 9.17) is 9.63 Å². The third-order valence-corrected chi connectivity index (χ3v) is 2.95. The Morgan fingerprint density at radius 1 is 1.65 bits per heavy atom. The normalized spacial score (nSPS) is 10.4. The highest BCUT2D eigenvalue weighted by Crippen LogP contribution is 2.21. The topological polar surface area (TPSA) is 101 Å². The number of carboxylic acids is 1. The van der Waals surface area contributed by atoms with Gasteiger partial charge in [0.2, 0.25) is 5.89 Å². The molecule has 0 aliphatic heterocycles. The summed E-state index contributed by atoms with van der Waals surface area (Å²) in [6, 6.07) is 0. The zero-order valence-electron chi connectivity index (χ0n) is 9.01. The smallest absolute Gasteiger partial charge is 0.355 e. The molecule has 2 aromatic rings. The maximum absolute atomic E-state index is 10.8. The number of carboxylic acid groups (broad SMARTS) is 1. The molecule has 0 saturated heterocycles. The van der Waals surface area contributed by atoms with Gasteiger partial charge in [0.1, 0.15) is 0 Å². The lowest BCUT2D eigenvalue weighted by molar-refractivity contribution is 0.0690. The predicted molar refractivity (Wildman–Crippen MR) is 60.3 cm³/mol. The molecule has 0 atom stereocenters. The van der Waals surface area contributed by atoms with Crippen LogP contribution in [0.1, 0.15) is 21.3 Å². The third kappa shape index (κ3) is 2.78. The van der Waals surface area contributed by atoms with Gasteiger partial charge in [-0.25, -0.2) is 9.78 Å². The number of carbonyl (C=O) groups is 1. The number of aromatic nitrogens is 3. The quantitative estimate of drug-likeness (QED) is 0.826. The van der Waals surface area contributed by atoms with E-state index in [1.165, 1.54) is 17.7 Å². The van der Waals surface area contributed by atoms with Crippen molar-refractivity contribution in [2.45, 2.75) is 13.3 Å². The van der Waals surface area contributed by atoms with Gasteiger partial charge in [0.05, 0.1) is 0 Å². The second-order valence-corrected chi connectivity index (χ2v) is 4.44. The fraction of sp³-hybridized carbons (Fsp3) is 0.333. The molecule has 0 spiro atoms. The van der Waals surface area contributed by atoms with E-state index >= 15 is 0 Å². The van der Waals surface area contributed by atoms with Crippen molar-refractivity contribution in [1.29, 1.82) is 0 Å². The number of nitrogens with zero attached hydrogens (tertiary/aromatic N) is 3. The summed E-state index contributed by atoms with van der Waals surface area (Å²) in [5, 5.41) is 15.9. The second kappa shape index (κ2) is 4.91. The van der Waals surface area contributed by atoms with Gasteiger partial charge in [0.25, 0.3) is 0 Å². The molecule has 0 radical (unpaired) electrons. The van der Waals surface area contributed by atoms with Crippen LogP contribution < -0.4 is 5.32 Å². The number of nitrogens with one attached hydrogen (secondary N) is 1. The van der Waals surface area contributed by atoms with Crippen molar-refractivity contribution in [3.63, 3.8) is 0 Å². The number of aromatic carboxylic acids is 1. The Labute approximate surface area is 100 Å². The summed E-state index contributed by atoms with van der Waals surface area (Å²) in [7, 11) is 0. The number of rotatable bonds is 5. The van der Waals surface area contributed by atoms with Crippen molar-refractivity contribution in [1.82, 2.24) is 15.1 Å². The van der Waals surface area contributed by atoms with Crippen LogP contribution in [0.5, 0.6) is 0 Å². The van der Waals surface area contributed by atoms with E-state index in [1.807, 2.05) is 0 Å². The summed E-state index contributed by atoms with van der Waals surface area (Å²) in [6.45, 7) is 2.29. The Morgan fingerprint density at radius 2 is 2.47 bits per heavy atom. The van der Waals surface area contributed by atoms with E-state index < -0.39 is 5.97 Å². The van der Waals surface area contributed by atoms with Gasteiger partial charge in [-0.15, -0.1) is 11.3 Å². The van der Waals surface area contributed by atoms with Crippen LogP contribution in [0.25, 0.3) is 0 Å². The zero-order chi connectivity index (χ0) is 12.3. The first kappa shape index (κ1) is 11.5. The van der Waals surface area contributed by atoms with Crippen LogP contribution in [0, 0.1) is 6.92 Å². The average molecular weight is 254 g/mol. The molecule has 2 rings (SSSR count). The predicted octanol–water partition coefficient (Wildman–Crippen LogP) is 1.19. The first-order valence-electron chi connectivity index (χ1n) is 4.87. The highest BCUT2D eigenvalue weighted by molar-refractivity contribution is 7.15. The van der Waals surface area contributed by atoms with E-state index in [9.17, 15) is 4.79 Å². The number of hydrogen-bond donors (Lipinski definition) is 2. The fourth-order valence-electron chi connectivity index (χ4n) is 1.25. The van der Waals surface area contributed by atoms with E-state index in [1.54, 1.807) is 6.92 Å². The van der Waals surface area contributed by atoms with Gasteiger partial charge in [-0.3, -0.25) is 0 Å². The first-order valence-corrected chi connectivity index (χ1v) is 5.68. The Bertz CT molecular complexity index is 508. The Hall–Kier alpha value is -1.96. The monoisotopic (exact) mass is 254 g/mol. The van der Waals surface area contributed by atoms with Gasteiger partial charge in [-0.05, 0) is 6.92 Å². The Kier molecular flexibility index (Phi) is 3.33. The SMILES string of the molecule is Cc1sc(NCCc2ncno2)nc1C(=O)O. The van der Waals surface area contributed by atoms with Gasteiger partial charge < -0.3 is 14.9 Å². The molecular weight excluding hydrogens is 244 g/mol. The lowest BCUT2D eigenvalue weighted by Gasteiger charge is -1.97. The third-order valence-electron chi connectivity index (χ3n) is 2.02. The van der Waals surface area contributed by atoms with E-state index in [-0.39, 0.29) is 5.69 Å². The number of anilines is 1.